The smallest absolute Gasteiger partial charge is 0.0316 e. The van der Waals surface area contributed by atoms with Gasteiger partial charge in [-0.2, -0.15) is 0 Å². The molecule has 0 aliphatic rings. The Morgan fingerprint density at radius 3 is 1.39 bits per heavy atom. The van der Waals surface area contributed by atoms with E-state index in [1.54, 1.807) is 0 Å². The summed E-state index contributed by atoms with van der Waals surface area (Å²) < 4.78 is 0. The topological polar surface area (TPSA) is 0 Å². The normalized spacial score (nSPS) is 15.2. The van der Waals surface area contributed by atoms with Crippen LogP contribution in [0.15, 0.2) is 12.2 Å². The van der Waals surface area contributed by atoms with Gasteiger partial charge in [0.2, 0.25) is 0 Å². The Balaban J connectivity index is 3.35. The van der Waals surface area contributed by atoms with E-state index in [2.05, 4.69) is 40.7 Å². The van der Waals surface area contributed by atoms with E-state index in [1.807, 2.05) is 6.08 Å². The Kier molecular flexibility index (Phi) is 21.2. The first-order valence-electron chi connectivity index (χ1n) is 12.8. The summed E-state index contributed by atoms with van der Waals surface area (Å²) >= 11 is 0. The molecule has 3 atom stereocenters. The van der Waals surface area contributed by atoms with Gasteiger partial charge in [-0.3, -0.25) is 0 Å². The second kappa shape index (κ2) is 21.4. The van der Waals surface area contributed by atoms with Gasteiger partial charge in [-0.15, -0.1) is 0 Å². The van der Waals surface area contributed by atoms with Crippen molar-refractivity contribution in [2.45, 2.75) is 136 Å². The van der Waals surface area contributed by atoms with Crippen LogP contribution in [0.4, 0.5) is 0 Å². The average Bonchev–Trinajstić information content (AvgIpc) is 2.66. The largest absolute Gasteiger partial charge is 0.0885 e. The molecule has 0 aromatic carbocycles. The van der Waals surface area contributed by atoms with E-state index in [1.165, 1.54) is 109 Å². The predicted octanol–water partition coefficient (Wildman–Crippen LogP) is 10.1. The minimum absolute atomic E-state index is 0.880. The van der Waals surface area contributed by atoms with Crippen molar-refractivity contribution >= 4 is 0 Å². The maximum absolute atomic E-state index is 3.98. The second-order valence-electron chi connectivity index (χ2n) is 9.70. The van der Waals surface area contributed by atoms with E-state index in [4.69, 9.17) is 0 Å². The minimum Gasteiger partial charge on any atom is -0.0885 e. The zero-order valence-electron chi connectivity index (χ0n) is 20.0. The lowest BCUT2D eigenvalue weighted by Crippen LogP contribution is -2.01. The molecule has 0 spiro atoms. The van der Waals surface area contributed by atoms with E-state index < -0.39 is 0 Å². The molecular formula is C28H54. The van der Waals surface area contributed by atoms with Crippen molar-refractivity contribution in [3.63, 3.8) is 0 Å². The van der Waals surface area contributed by atoms with Gasteiger partial charge in [-0.1, -0.05) is 143 Å². The molecule has 0 N–H and O–H groups in total. The third kappa shape index (κ3) is 20.5. The Morgan fingerprint density at radius 1 is 0.536 bits per heavy atom. The van der Waals surface area contributed by atoms with E-state index in [0.29, 0.717) is 0 Å². The molecule has 2 radical (unpaired) electrons. The van der Waals surface area contributed by atoms with Crippen LogP contribution in [0.2, 0.25) is 0 Å². The van der Waals surface area contributed by atoms with Crippen molar-refractivity contribution in [1.82, 2.24) is 0 Å². The first-order valence-corrected chi connectivity index (χ1v) is 12.8. The van der Waals surface area contributed by atoms with Crippen molar-refractivity contribution in [3.8, 4) is 0 Å². The van der Waals surface area contributed by atoms with Gasteiger partial charge in [0.05, 0.1) is 0 Å². The highest BCUT2D eigenvalue weighted by Gasteiger charge is 2.07. The molecule has 0 aromatic rings. The molecule has 0 heterocycles. The summed E-state index contributed by atoms with van der Waals surface area (Å²) in [5, 5.41) is 0. The maximum atomic E-state index is 3.98. The highest BCUT2D eigenvalue weighted by atomic mass is 14.1. The zero-order chi connectivity index (χ0) is 20.9. The van der Waals surface area contributed by atoms with Gasteiger partial charge in [0.25, 0.3) is 0 Å². The lowest BCUT2D eigenvalue weighted by molar-refractivity contribution is 0.378. The van der Waals surface area contributed by atoms with Crippen LogP contribution in [0, 0.1) is 31.6 Å². The highest BCUT2D eigenvalue weighted by Crippen LogP contribution is 2.22. The fourth-order valence-corrected chi connectivity index (χ4v) is 4.34. The van der Waals surface area contributed by atoms with Crippen LogP contribution in [-0.4, -0.2) is 0 Å². The Labute approximate surface area is 180 Å². The Morgan fingerprint density at radius 2 is 0.929 bits per heavy atom. The van der Waals surface area contributed by atoms with Crippen LogP contribution in [0.25, 0.3) is 0 Å². The summed E-state index contributed by atoms with van der Waals surface area (Å²) in [7, 11) is 0. The third-order valence-corrected chi connectivity index (χ3v) is 6.47. The summed E-state index contributed by atoms with van der Waals surface area (Å²) in [5.74, 6) is 2.74. The fourth-order valence-electron chi connectivity index (χ4n) is 4.34. The number of allylic oxidation sites excluding steroid dienone is 2. The SMILES string of the molecule is [CH2]/C=C/CCCCCCCCCCC(C)CCCC(C)CCCC(C)CC[CH2]. The molecule has 0 bridgehead atoms. The Bertz CT molecular complexity index is 316. The van der Waals surface area contributed by atoms with Crippen molar-refractivity contribution in [1.29, 1.82) is 0 Å². The molecule has 0 amide bonds. The molecule has 0 saturated carbocycles. The van der Waals surface area contributed by atoms with E-state index >= 15 is 0 Å². The molecule has 0 aliphatic heterocycles. The van der Waals surface area contributed by atoms with E-state index in [-0.39, 0.29) is 0 Å². The van der Waals surface area contributed by atoms with Gasteiger partial charge in [0.1, 0.15) is 0 Å². The van der Waals surface area contributed by atoms with Gasteiger partial charge in [-0.05, 0) is 37.5 Å². The summed E-state index contributed by atoms with van der Waals surface area (Å²) in [6.07, 6.45) is 29.2. The average molecular weight is 391 g/mol. The number of unbranched alkanes of at least 4 members (excludes halogenated alkanes) is 8. The van der Waals surface area contributed by atoms with Gasteiger partial charge in [0.15, 0.2) is 0 Å². The molecule has 0 rings (SSSR count). The van der Waals surface area contributed by atoms with E-state index in [9.17, 15) is 0 Å². The lowest BCUT2D eigenvalue weighted by Gasteiger charge is -2.15. The van der Waals surface area contributed by atoms with Gasteiger partial charge >= 0.3 is 0 Å². The zero-order valence-corrected chi connectivity index (χ0v) is 20.0. The van der Waals surface area contributed by atoms with Crippen molar-refractivity contribution in [3.05, 3.63) is 26.0 Å². The van der Waals surface area contributed by atoms with Crippen molar-refractivity contribution in [2.75, 3.05) is 0 Å². The molecule has 0 aromatic heterocycles. The van der Waals surface area contributed by atoms with Crippen LogP contribution >= 0.6 is 0 Å². The molecular weight excluding hydrogens is 336 g/mol. The molecule has 0 fully saturated rings. The molecule has 0 heteroatoms. The van der Waals surface area contributed by atoms with Gasteiger partial charge in [0, 0.05) is 0 Å². The second-order valence-corrected chi connectivity index (χ2v) is 9.70. The molecule has 0 aliphatic carbocycles. The molecule has 0 saturated heterocycles. The first-order chi connectivity index (χ1) is 13.6. The summed E-state index contributed by atoms with van der Waals surface area (Å²) in [6, 6.07) is 0. The number of hydrogen-bond donors (Lipinski definition) is 0. The monoisotopic (exact) mass is 390 g/mol. The minimum atomic E-state index is 0.880. The summed E-state index contributed by atoms with van der Waals surface area (Å²) in [5.41, 5.74) is 0. The number of hydrogen-bond acceptors (Lipinski definition) is 0. The van der Waals surface area contributed by atoms with Crippen molar-refractivity contribution < 1.29 is 0 Å². The Hall–Kier alpha value is -0.260. The summed E-state index contributed by atoms with van der Waals surface area (Å²) in [6.45, 7) is 15.0. The molecule has 166 valence electrons. The molecule has 28 heavy (non-hydrogen) atoms. The molecule has 3 unspecified atom stereocenters. The maximum Gasteiger partial charge on any atom is -0.0316 e. The van der Waals surface area contributed by atoms with Crippen LogP contribution in [-0.2, 0) is 0 Å². The first kappa shape index (κ1) is 27.7. The van der Waals surface area contributed by atoms with Crippen LogP contribution < -0.4 is 0 Å². The summed E-state index contributed by atoms with van der Waals surface area (Å²) in [4.78, 5) is 0. The third-order valence-electron chi connectivity index (χ3n) is 6.47. The fraction of sp³-hybridized carbons (Fsp3) is 0.857. The van der Waals surface area contributed by atoms with Crippen molar-refractivity contribution in [2.24, 2.45) is 17.8 Å². The van der Waals surface area contributed by atoms with Crippen LogP contribution in [0.1, 0.15) is 136 Å². The number of rotatable bonds is 21. The predicted molar refractivity (Wildman–Crippen MR) is 130 cm³/mol. The van der Waals surface area contributed by atoms with E-state index in [0.717, 1.165) is 24.2 Å². The van der Waals surface area contributed by atoms with Crippen LogP contribution in [0.3, 0.4) is 0 Å². The lowest BCUT2D eigenvalue weighted by atomic mass is 9.91. The standard InChI is InChI=1S/C28H54/c1-6-8-9-10-11-12-13-14-15-16-17-21-27(4)23-19-25-28(5)24-18-22-26(3)20-7-2/h6,8,26-28H,1-2,7,9-25H2,3-5H3/b8-6+. The van der Waals surface area contributed by atoms with Gasteiger partial charge in [-0.25, -0.2) is 0 Å². The van der Waals surface area contributed by atoms with Crippen LogP contribution in [0.5, 0.6) is 0 Å². The highest BCUT2D eigenvalue weighted by molar-refractivity contribution is 4.83. The van der Waals surface area contributed by atoms with Gasteiger partial charge < -0.3 is 0 Å². The quantitative estimate of drug-likeness (QED) is 0.171. The molecule has 0 nitrogen and oxygen atoms in total.